The number of benzene rings is 1. The summed E-state index contributed by atoms with van der Waals surface area (Å²) in [6.45, 7) is 2.47. The monoisotopic (exact) mass is 316 g/mol. The molecule has 1 heterocycles. The molecular formula is C17H20N2O2S. The highest BCUT2D eigenvalue weighted by atomic mass is 32.1. The van der Waals surface area contributed by atoms with Crippen molar-refractivity contribution in [3.8, 4) is 0 Å². The maximum Gasteiger partial charge on any atom is 0.224 e. The van der Waals surface area contributed by atoms with Gasteiger partial charge in [-0.05, 0) is 29.5 Å². The molecule has 0 saturated carbocycles. The van der Waals surface area contributed by atoms with Gasteiger partial charge in [0.2, 0.25) is 11.8 Å². The number of hydrogen-bond acceptors (Lipinski definition) is 3. The maximum atomic E-state index is 11.9. The van der Waals surface area contributed by atoms with E-state index < -0.39 is 0 Å². The smallest absolute Gasteiger partial charge is 0.224 e. The van der Waals surface area contributed by atoms with Crippen LogP contribution in [0.4, 0.5) is 5.69 Å². The summed E-state index contributed by atoms with van der Waals surface area (Å²) < 4.78 is 0. The highest BCUT2D eigenvalue weighted by molar-refractivity contribution is 7.09. The highest BCUT2D eigenvalue weighted by Gasteiger charge is 2.13. The maximum absolute atomic E-state index is 11.9. The van der Waals surface area contributed by atoms with Gasteiger partial charge in [0, 0.05) is 23.4 Å². The van der Waals surface area contributed by atoms with E-state index in [2.05, 4.69) is 10.6 Å². The summed E-state index contributed by atoms with van der Waals surface area (Å²) in [6, 6.07) is 13.3. The molecule has 116 valence electrons. The van der Waals surface area contributed by atoms with Crippen LogP contribution in [0.3, 0.4) is 0 Å². The van der Waals surface area contributed by atoms with Crippen LogP contribution in [-0.4, -0.2) is 11.8 Å². The van der Waals surface area contributed by atoms with Gasteiger partial charge < -0.3 is 10.6 Å². The molecule has 1 atom stereocenters. The summed E-state index contributed by atoms with van der Waals surface area (Å²) in [5, 5.41) is 7.69. The first kappa shape index (κ1) is 16.2. The van der Waals surface area contributed by atoms with E-state index in [-0.39, 0.29) is 17.7 Å². The third kappa shape index (κ3) is 5.69. The van der Waals surface area contributed by atoms with Crippen molar-refractivity contribution in [3.05, 3.63) is 52.7 Å². The van der Waals surface area contributed by atoms with Crippen LogP contribution < -0.4 is 10.6 Å². The Morgan fingerprint density at radius 2 is 1.77 bits per heavy atom. The van der Waals surface area contributed by atoms with E-state index in [0.29, 0.717) is 19.4 Å². The van der Waals surface area contributed by atoms with Crippen LogP contribution in [0, 0.1) is 5.92 Å². The topological polar surface area (TPSA) is 58.2 Å². The van der Waals surface area contributed by atoms with Gasteiger partial charge in [-0.3, -0.25) is 9.59 Å². The first-order valence-electron chi connectivity index (χ1n) is 7.27. The number of carbonyl (C=O) groups excluding carboxylic acids is 2. The summed E-state index contributed by atoms with van der Waals surface area (Å²) in [5.74, 6) is -0.0785. The van der Waals surface area contributed by atoms with Gasteiger partial charge in [0.15, 0.2) is 0 Å². The second kappa shape index (κ2) is 8.34. The lowest BCUT2D eigenvalue weighted by Gasteiger charge is -2.11. The van der Waals surface area contributed by atoms with Crippen LogP contribution in [0.5, 0.6) is 0 Å². The fraction of sp³-hybridized carbons (Fsp3) is 0.294. The largest absolute Gasteiger partial charge is 0.351 e. The Balaban J connectivity index is 1.69. The number of rotatable bonds is 7. The van der Waals surface area contributed by atoms with Crippen molar-refractivity contribution in [1.82, 2.24) is 5.32 Å². The van der Waals surface area contributed by atoms with Gasteiger partial charge in [-0.1, -0.05) is 31.2 Å². The van der Waals surface area contributed by atoms with Crippen molar-refractivity contribution in [2.24, 2.45) is 5.92 Å². The second-order valence-electron chi connectivity index (χ2n) is 5.28. The van der Waals surface area contributed by atoms with Crippen molar-refractivity contribution >= 4 is 28.8 Å². The minimum Gasteiger partial charge on any atom is -0.351 e. The Morgan fingerprint density at radius 1 is 1.05 bits per heavy atom. The van der Waals surface area contributed by atoms with Crippen LogP contribution in [0.1, 0.15) is 24.6 Å². The van der Waals surface area contributed by atoms with Gasteiger partial charge in [0.1, 0.15) is 0 Å². The van der Waals surface area contributed by atoms with Crippen LogP contribution in [0.2, 0.25) is 0 Å². The lowest BCUT2D eigenvalue weighted by Crippen LogP contribution is -2.25. The second-order valence-corrected chi connectivity index (χ2v) is 6.32. The van der Waals surface area contributed by atoms with E-state index in [9.17, 15) is 9.59 Å². The average Bonchev–Trinajstić information content (AvgIpc) is 2.99. The van der Waals surface area contributed by atoms with Gasteiger partial charge >= 0.3 is 0 Å². The molecule has 4 nitrogen and oxygen atoms in total. The number of carbonyl (C=O) groups is 2. The molecule has 1 aromatic heterocycles. The third-order valence-corrected chi connectivity index (χ3v) is 4.04. The molecule has 22 heavy (non-hydrogen) atoms. The Kier molecular flexibility index (Phi) is 6.15. The summed E-state index contributed by atoms with van der Waals surface area (Å²) >= 11 is 1.62. The molecule has 0 unspecified atom stereocenters. The Hall–Kier alpha value is -2.14. The molecule has 0 fully saturated rings. The predicted octanol–water partition coefficient (Wildman–Crippen LogP) is 3.42. The van der Waals surface area contributed by atoms with Gasteiger partial charge in [-0.15, -0.1) is 11.3 Å². The molecule has 0 spiro atoms. The Labute approximate surface area is 134 Å². The van der Waals surface area contributed by atoms with Gasteiger partial charge in [-0.25, -0.2) is 0 Å². The standard InChI is InChI=1S/C17H20N2O2S/c1-13(10-16(20)18-12-15-8-5-9-22-15)11-17(21)19-14-6-3-2-4-7-14/h2-9,13H,10-12H2,1H3,(H,18,20)(H,19,21)/t13-/m0/s1. The van der Waals surface area contributed by atoms with Crippen LogP contribution in [0.25, 0.3) is 0 Å². The van der Waals surface area contributed by atoms with Crippen molar-refractivity contribution < 1.29 is 9.59 Å². The lowest BCUT2D eigenvalue weighted by molar-refractivity contribution is -0.122. The number of para-hydroxylation sites is 1. The van der Waals surface area contributed by atoms with E-state index in [1.807, 2.05) is 54.8 Å². The molecule has 0 radical (unpaired) electrons. The molecule has 0 aliphatic heterocycles. The Bertz CT molecular complexity index is 596. The molecule has 0 bridgehead atoms. The zero-order valence-electron chi connectivity index (χ0n) is 12.5. The molecule has 0 aliphatic carbocycles. The molecule has 2 N–H and O–H groups in total. The third-order valence-electron chi connectivity index (χ3n) is 3.17. The quantitative estimate of drug-likeness (QED) is 0.822. The zero-order valence-corrected chi connectivity index (χ0v) is 13.4. The molecular weight excluding hydrogens is 296 g/mol. The van der Waals surface area contributed by atoms with E-state index in [1.54, 1.807) is 11.3 Å². The molecule has 2 amide bonds. The number of anilines is 1. The van der Waals surface area contributed by atoms with Crippen molar-refractivity contribution in [2.75, 3.05) is 5.32 Å². The van der Waals surface area contributed by atoms with Crippen LogP contribution in [-0.2, 0) is 16.1 Å². The molecule has 1 aromatic carbocycles. The van der Waals surface area contributed by atoms with Crippen molar-refractivity contribution in [3.63, 3.8) is 0 Å². The van der Waals surface area contributed by atoms with Gasteiger partial charge in [0.05, 0.1) is 6.54 Å². The highest BCUT2D eigenvalue weighted by Crippen LogP contribution is 2.12. The lowest BCUT2D eigenvalue weighted by atomic mass is 10.0. The zero-order chi connectivity index (χ0) is 15.8. The molecule has 5 heteroatoms. The van der Waals surface area contributed by atoms with Gasteiger partial charge in [0.25, 0.3) is 0 Å². The van der Waals surface area contributed by atoms with Crippen LogP contribution >= 0.6 is 11.3 Å². The summed E-state index contributed by atoms with van der Waals surface area (Å²) in [6.07, 6.45) is 0.689. The van der Waals surface area contributed by atoms with E-state index in [1.165, 1.54) is 0 Å². The minimum atomic E-state index is -0.0650. The summed E-state index contributed by atoms with van der Waals surface area (Å²) in [5.41, 5.74) is 0.779. The SMILES string of the molecule is C[C@@H](CC(=O)NCc1cccs1)CC(=O)Nc1ccccc1. The molecule has 0 aliphatic rings. The average molecular weight is 316 g/mol. The molecule has 0 saturated heterocycles. The van der Waals surface area contributed by atoms with Crippen LogP contribution in [0.15, 0.2) is 47.8 Å². The van der Waals surface area contributed by atoms with Gasteiger partial charge in [-0.2, -0.15) is 0 Å². The summed E-state index contributed by atoms with van der Waals surface area (Å²) in [7, 11) is 0. The number of amides is 2. The minimum absolute atomic E-state index is 0.00653. The first-order chi connectivity index (χ1) is 10.6. The Morgan fingerprint density at radius 3 is 2.45 bits per heavy atom. The number of nitrogens with one attached hydrogen (secondary N) is 2. The molecule has 2 rings (SSSR count). The number of thiophene rings is 1. The fourth-order valence-electron chi connectivity index (χ4n) is 2.11. The van der Waals surface area contributed by atoms with E-state index in [0.717, 1.165) is 10.6 Å². The predicted molar refractivity (Wildman–Crippen MR) is 89.6 cm³/mol. The first-order valence-corrected chi connectivity index (χ1v) is 8.15. The van der Waals surface area contributed by atoms with Crippen molar-refractivity contribution in [1.29, 1.82) is 0 Å². The van der Waals surface area contributed by atoms with Crippen molar-refractivity contribution in [2.45, 2.75) is 26.3 Å². The summed E-state index contributed by atoms with van der Waals surface area (Å²) in [4.78, 5) is 24.9. The molecule has 2 aromatic rings. The van der Waals surface area contributed by atoms with E-state index in [4.69, 9.17) is 0 Å². The normalized spacial score (nSPS) is 11.7. The van der Waals surface area contributed by atoms with E-state index >= 15 is 0 Å². The fourth-order valence-corrected chi connectivity index (χ4v) is 2.75. The number of hydrogen-bond donors (Lipinski definition) is 2.